The second kappa shape index (κ2) is 8.92. The highest BCUT2D eigenvalue weighted by atomic mass is 32.1. The average Bonchev–Trinajstić information content (AvgIpc) is 3.27. The number of amides is 1. The molecule has 0 N–H and O–H groups in total. The van der Waals surface area contributed by atoms with Crippen LogP contribution >= 0.6 is 11.3 Å². The van der Waals surface area contributed by atoms with Gasteiger partial charge in [-0.2, -0.15) is 5.10 Å². The van der Waals surface area contributed by atoms with Crippen molar-refractivity contribution in [2.45, 2.75) is 33.2 Å². The molecule has 0 fully saturated rings. The molecule has 0 radical (unpaired) electrons. The summed E-state index contributed by atoms with van der Waals surface area (Å²) in [5.41, 5.74) is 2.30. The summed E-state index contributed by atoms with van der Waals surface area (Å²) in [7, 11) is 5.71. The number of benzene rings is 1. The number of aromatic nitrogens is 3. The van der Waals surface area contributed by atoms with E-state index in [0.717, 1.165) is 34.6 Å². The quantitative estimate of drug-likeness (QED) is 0.557. The third-order valence-electron chi connectivity index (χ3n) is 4.68. The lowest BCUT2D eigenvalue weighted by molar-refractivity contribution is 0.0980. The summed E-state index contributed by atoms with van der Waals surface area (Å²) in [6, 6.07) is 7.83. The van der Waals surface area contributed by atoms with E-state index in [1.807, 2.05) is 50.0 Å². The number of carbonyl (C=O) groups is 1. The van der Waals surface area contributed by atoms with Crippen molar-refractivity contribution in [2.24, 2.45) is 0 Å². The number of aryl methyl sites for hydroxylation is 1. The van der Waals surface area contributed by atoms with E-state index in [2.05, 4.69) is 23.8 Å². The van der Waals surface area contributed by atoms with Gasteiger partial charge >= 0.3 is 0 Å². The zero-order valence-corrected chi connectivity index (χ0v) is 18.8. The van der Waals surface area contributed by atoms with Crippen LogP contribution < -0.4 is 9.64 Å². The van der Waals surface area contributed by atoms with Crippen molar-refractivity contribution < 1.29 is 9.53 Å². The van der Waals surface area contributed by atoms with Crippen LogP contribution in [0.2, 0.25) is 0 Å². The van der Waals surface area contributed by atoms with Gasteiger partial charge in [-0.15, -0.1) is 0 Å². The van der Waals surface area contributed by atoms with Gasteiger partial charge in [0, 0.05) is 18.3 Å². The summed E-state index contributed by atoms with van der Waals surface area (Å²) < 4.78 is 8.20. The maximum absolute atomic E-state index is 13.4. The van der Waals surface area contributed by atoms with Gasteiger partial charge in [-0.3, -0.25) is 14.4 Å². The van der Waals surface area contributed by atoms with E-state index < -0.39 is 0 Å². The predicted octanol–water partition coefficient (Wildman–Crippen LogP) is 3.99. The van der Waals surface area contributed by atoms with E-state index in [4.69, 9.17) is 9.72 Å². The van der Waals surface area contributed by atoms with E-state index in [9.17, 15) is 4.79 Å². The molecule has 0 atom stereocenters. The Balaban J connectivity index is 1.95. The van der Waals surface area contributed by atoms with Gasteiger partial charge in [-0.05, 0) is 72.1 Å². The Labute approximate surface area is 175 Å². The molecule has 0 spiro atoms. The topological polar surface area (TPSA) is 63.5 Å². The van der Waals surface area contributed by atoms with Gasteiger partial charge in [-0.25, -0.2) is 4.98 Å². The fourth-order valence-corrected chi connectivity index (χ4v) is 4.24. The van der Waals surface area contributed by atoms with Crippen LogP contribution in [0.3, 0.4) is 0 Å². The number of methoxy groups -OCH3 is 1. The SMILES string of the molecule is COc1ccc2nc(N(CCCN(C)C)C(=O)c3cc(C)n(C(C)C)n3)sc2c1. The first-order valence-electron chi connectivity index (χ1n) is 9.77. The number of hydrogen-bond donors (Lipinski definition) is 0. The molecule has 8 heteroatoms. The zero-order chi connectivity index (χ0) is 21.1. The van der Waals surface area contributed by atoms with Crippen molar-refractivity contribution in [3.63, 3.8) is 0 Å². The van der Waals surface area contributed by atoms with Crippen LogP contribution in [0.4, 0.5) is 5.13 Å². The number of nitrogens with zero attached hydrogens (tertiary/aromatic N) is 5. The highest BCUT2D eigenvalue weighted by Gasteiger charge is 2.24. The van der Waals surface area contributed by atoms with Crippen LogP contribution in [-0.2, 0) is 0 Å². The lowest BCUT2D eigenvalue weighted by Crippen LogP contribution is -2.33. The van der Waals surface area contributed by atoms with Crippen molar-refractivity contribution in [1.29, 1.82) is 0 Å². The number of fused-ring (bicyclic) bond motifs is 1. The molecule has 0 aliphatic heterocycles. The molecule has 29 heavy (non-hydrogen) atoms. The largest absolute Gasteiger partial charge is 0.497 e. The molecule has 0 saturated heterocycles. The van der Waals surface area contributed by atoms with Crippen LogP contribution in [0, 0.1) is 6.92 Å². The first-order valence-corrected chi connectivity index (χ1v) is 10.6. The Kier molecular flexibility index (Phi) is 6.54. The Morgan fingerprint density at radius 2 is 2.00 bits per heavy atom. The summed E-state index contributed by atoms with van der Waals surface area (Å²) in [5, 5.41) is 5.24. The summed E-state index contributed by atoms with van der Waals surface area (Å²) in [4.78, 5) is 22.0. The highest BCUT2D eigenvalue weighted by Crippen LogP contribution is 2.32. The molecule has 3 rings (SSSR count). The lowest BCUT2D eigenvalue weighted by Gasteiger charge is -2.20. The van der Waals surface area contributed by atoms with Crippen LogP contribution in [0.1, 0.15) is 42.5 Å². The molecule has 0 aliphatic rings. The van der Waals surface area contributed by atoms with Gasteiger partial charge in [0.05, 0.1) is 17.3 Å². The normalized spacial score (nSPS) is 11.6. The fraction of sp³-hybridized carbons (Fsp3) is 0.476. The van der Waals surface area contributed by atoms with Gasteiger partial charge in [-0.1, -0.05) is 11.3 Å². The standard InChI is InChI=1S/C21H29N5O2S/c1-14(2)26-15(3)12-18(23-26)20(27)25(11-7-10-24(4)5)21-22-17-9-8-16(28-6)13-19(17)29-21/h8-9,12-14H,7,10-11H2,1-6H3. The molecule has 2 heterocycles. The van der Waals surface area contributed by atoms with Crippen LogP contribution in [0.5, 0.6) is 5.75 Å². The number of ether oxygens (including phenoxy) is 1. The maximum atomic E-state index is 13.4. The second-order valence-corrected chi connectivity index (χ2v) is 8.66. The summed E-state index contributed by atoms with van der Waals surface area (Å²) in [6.07, 6.45) is 0.849. The van der Waals surface area contributed by atoms with Gasteiger partial charge in [0.25, 0.3) is 5.91 Å². The number of carbonyl (C=O) groups excluding carboxylic acids is 1. The van der Waals surface area contributed by atoms with E-state index in [1.54, 1.807) is 12.0 Å². The maximum Gasteiger partial charge on any atom is 0.280 e. The third-order valence-corrected chi connectivity index (χ3v) is 5.72. The molecule has 0 bridgehead atoms. The van der Waals surface area contributed by atoms with E-state index in [0.29, 0.717) is 17.4 Å². The summed E-state index contributed by atoms with van der Waals surface area (Å²) in [5.74, 6) is 0.668. The van der Waals surface area contributed by atoms with Gasteiger partial charge in [0.1, 0.15) is 5.75 Å². The Hall–Kier alpha value is -2.45. The second-order valence-electron chi connectivity index (χ2n) is 7.65. The minimum atomic E-state index is -0.114. The smallest absolute Gasteiger partial charge is 0.280 e. The first-order chi connectivity index (χ1) is 13.8. The first kappa shape index (κ1) is 21.3. The van der Waals surface area contributed by atoms with Gasteiger partial charge in [0.2, 0.25) is 0 Å². The Morgan fingerprint density at radius 3 is 2.62 bits per heavy atom. The molecular weight excluding hydrogens is 386 g/mol. The molecule has 3 aromatic rings. The Bertz CT molecular complexity index is 992. The molecule has 156 valence electrons. The number of anilines is 1. The van der Waals surface area contributed by atoms with Gasteiger partial charge in [0.15, 0.2) is 10.8 Å². The minimum Gasteiger partial charge on any atom is -0.497 e. The van der Waals surface area contributed by atoms with Crippen molar-refractivity contribution in [3.8, 4) is 5.75 Å². The van der Waals surface area contributed by atoms with Crippen LogP contribution in [0.25, 0.3) is 10.2 Å². The highest BCUT2D eigenvalue weighted by molar-refractivity contribution is 7.22. The van der Waals surface area contributed by atoms with Gasteiger partial charge < -0.3 is 9.64 Å². The minimum absolute atomic E-state index is 0.114. The zero-order valence-electron chi connectivity index (χ0n) is 18.0. The van der Waals surface area contributed by atoms with E-state index >= 15 is 0 Å². The monoisotopic (exact) mass is 415 g/mol. The number of rotatable bonds is 8. The van der Waals surface area contributed by atoms with Crippen molar-refractivity contribution in [1.82, 2.24) is 19.7 Å². The molecule has 2 aromatic heterocycles. The van der Waals surface area contributed by atoms with E-state index in [-0.39, 0.29) is 11.9 Å². The summed E-state index contributed by atoms with van der Waals surface area (Å²) in [6.45, 7) is 7.57. The molecule has 0 saturated carbocycles. The van der Waals surface area contributed by atoms with E-state index in [1.165, 1.54) is 11.3 Å². The van der Waals surface area contributed by atoms with Crippen molar-refractivity contribution in [3.05, 3.63) is 35.7 Å². The molecule has 0 aliphatic carbocycles. The molecule has 1 aromatic carbocycles. The fourth-order valence-electron chi connectivity index (χ4n) is 3.22. The molecule has 0 unspecified atom stereocenters. The number of thiazole rings is 1. The van der Waals surface area contributed by atoms with Crippen LogP contribution in [0.15, 0.2) is 24.3 Å². The predicted molar refractivity (Wildman–Crippen MR) is 118 cm³/mol. The molecule has 7 nitrogen and oxygen atoms in total. The third kappa shape index (κ3) is 4.76. The van der Waals surface area contributed by atoms with Crippen molar-refractivity contribution >= 4 is 32.6 Å². The Morgan fingerprint density at radius 1 is 1.24 bits per heavy atom. The summed E-state index contributed by atoms with van der Waals surface area (Å²) >= 11 is 1.50. The van der Waals surface area contributed by atoms with Crippen LogP contribution in [-0.4, -0.2) is 59.9 Å². The van der Waals surface area contributed by atoms with Crippen molar-refractivity contribution in [2.75, 3.05) is 39.2 Å². The molecule has 1 amide bonds. The molecular formula is C21H29N5O2S. The lowest BCUT2D eigenvalue weighted by atomic mass is 10.3. The average molecular weight is 416 g/mol. The number of hydrogen-bond acceptors (Lipinski definition) is 6.